The Bertz CT molecular complexity index is 753. The third-order valence-electron chi connectivity index (χ3n) is 3.96. The Hall–Kier alpha value is -2.60. The van der Waals surface area contributed by atoms with Gasteiger partial charge in [-0.25, -0.2) is 4.39 Å². The van der Waals surface area contributed by atoms with E-state index in [-0.39, 0.29) is 43.6 Å². The van der Waals surface area contributed by atoms with Gasteiger partial charge in [0.25, 0.3) is 0 Å². The topological polar surface area (TPSA) is 81.4 Å². The Kier molecular flexibility index (Phi) is 9.30. The lowest BCUT2D eigenvalue weighted by atomic mass is 10.0. The highest BCUT2D eigenvalue weighted by Crippen LogP contribution is 2.19. The number of nitrogens with one attached hydrogen (secondary N) is 1. The van der Waals surface area contributed by atoms with Crippen molar-refractivity contribution < 1.29 is 18.7 Å². The van der Waals surface area contributed by atoms with Crippen molar-refractivity contribution in [1.82, 2.24) is 5.32 Å². The molecule has 2 aromatic carbocycles. The monoisotopic (exact) mass is 394 g/mol. The Morgan fingerprint density at radius 1 is 1.15 bits per heavy atom. The number of aryl methyl sites for hydroxylation is 1. The summed E-state index contributed by atoms with van der Waals surface area (Å²) in [7, 11) is 0. The molecule has 3 N–H and O–H groups in total. The maximum absolute atomic E-state index is 13.2. The van der Waals surface area contributed by atoms with Gasteiger partial charge in [-0.1, -0.05) is 30.3 Å². The van der Waals surface area contributed by atoms with Gasteiger partial charge in [-0.15, -0.1) is 12.4 Å². The first-order valence-electron chi connectivity index (χ1n) is 8.53. The van der Waals surface area contributed by atoms with Crippen LogP contribution in [0.3, 0.4) is 0 Å². The summed E-state index contributed by atoms with van der Waals surface area (Å²) in [5.41, 5.74) is 8.06. The molecule has 0 heterocycles. The van der Waals surface area contributed by atoms with E-state index in [9.17, 15) is 14.0 Å². The summed E-state index contributed by atoms with van der Waals surface area (Å²) in [5, 5.41) is 2.83. The van der Waals surface area contributed by atoms with Crippen LogP contribution in [0.5, 0.6) is 0 Å². The number of esters is 1. The molecule has 0 saturated carbocycles. The average Bonchev–Trinajstić information content (AvgIpc) is 2.61. The first kappa shape index (κ1) is 22.4. The van der Waals surface area contributed by atoms with E-state index in [0.29, 0.717) is 17.7 Å². The number of carbonyl (C=O) groups excluding carboxylic acids is 2. The van der Waals surface area contributed by atoms with Gasteiger partial charge in [0.15, 0.2) is 0 Å². The van der Waals surface area contributed by atoms with Crippen LogP contribution in [0.1, 0.15) is 36.9 Å². The minimum Gasteiger partial charge on any atom is -0.466 e. The van der Waals surface area contributed by atoms with E-state index in [0.717, 1.165) is 5.56 Å². The van der Waals surface area contributed by atoms with E-state index in [1.165, 1.54) is 12.1 Å². The number of halogens is 2. The van der Waals surface area contributed by atoms with Crippen LogP contribution in [-0.2, 0) is 20.7 Å². The highest BCUT2D eigenvalue weighted by atomic mass is 35.5. The van der Waals surface area contributed by atoms with Crippen molar-refractivity contribution in [3.8, 4) is 0 Å². The molecule has 0 aliphatic carbocycles. The van der Waals surface area contributed by atoms with Crippen LogP contribution < -0.4 is 11.1 Å². The quantitative estimate of drug-likeness (QED) is 0.529. The summed E-state index contributed by atoms with van der Waals surface area (Å²) < 4.78 is 18.1. The van der Waals surface area contributed by atoms with Gasteiger partial charge < -0.3 is 15.8 Å². The maximum Gasteiger partial charge on any atom is 0.308 e. The lowest BCUT2D eigenvalue weighted by molar-refractivity contribution is -0.143. The fourth-order valence-corrected chi connectivity index (χ4v) is 2.61. The average molecular weight is 395 g/mol. The first-order valence-corrected chi connectivity index (χ1v) is 8.53. The Morgan fingerprint density at radius 2 is 1.81 bits per heavy atom. The molecule has 1 amide bonds. The number of para-hydroxylation sites is 1. The largest absolute Gasteiger partial charge is 0.466 e. The SMILES string of the molecule is CCOC(=O)CC(NC(=O)CCc1ccccc1N)c1ccc(F)cc1.Cl. The zero-order valence-corrected chi connectivity index (χ0v) is 15.9. The molecule has 1 unspecified atom stereocenters. The first-order chi connectivity index (χ1) is 12.5. The molecule has 0 spiro atoms. The van der Waals surface area contributed by atoms with Gasteiger partial charge in [0.2, 0.25) is 5.91 Å². The van der Waals surface area contributed by atoms with Crippen LogP contribution in [0.2, 0.25) is 0 Å². The van der Waals surface area contributed by atoms with E-state index < -0.39 is 12.0 Å². The van der Waals surface area contributed by atoms with Gasteiger partial charge in [-0.2, -0.15) is 0 Å². The van der Waals surface area contributed by atoms with Crippen LogP contribution in [0.4, 0.5) is 10.1 Å². The number of ether oxygens (including phenoxy) is 1. The molecular weight excluding hydrogens is 371 g/mol. The molecule has 5 nitrogen and oxygen atoms in total. The molecule has 0 aromatic heterocycles. The zero-order valence-electron chi connectivity index (χ0n) is 15.1. The van der Waals surface area contributed by atoms with E-state index in [4.69, 9.17) is 10.5 Å². The van der Waals surface area contributed by atoms with Crippen molar-refractivity contribution in [3.05, 3.63) is 65.5 Å². The molecular formula is C20H24ClFN2O3. The molecule has 2 rings (SSSR count). The van der Waals surface area contributed by atoms with Gasteiger partial charge in [0.1, 0.15) is 5.82 Å². The van der Waals surface area contributed by atoms with Crippen molar-refractivity contribution in [2.45, 2.75) is 32.2 Å². The smallest absolute Gasteiger partial charge is 0.308 e. The zero-order chi connectivity index (χ0) is 18.9. The van der Waals surface area contributed by atoms with Crippen molar-refractivity contribution in [2.75, 3.05) is 12.3 Å². The van der Waals surface area contributed by atoms with Crippen LogP contribution >= 0.6 is 12.4 Å². The minimum atomic E-state index is -0.574. The molecule has 0 fully saturated rings. The molecule has 0 saturated heterocycles. The van der Waals surface area contributed by atoms with Crippen LogP contribution in [0.25, 0.3) is 0 Å². The summed E-state index contributed by atoms with van der Waals surface area (Å²) in [6, 6.07) is 12.5. The normalized spacial score (nSPS) is 11.2. The van der Waals surface area contributed by atoms with Gasteiger partial charge in [0.05, 0.1) is 19.1 Å². The van der Waals surface area contributed by atoms with Crippen LogP contribution in [0, 0.1) is 5.82 Å². The molecule has 27 heavy (non-hydrogen) atoms. The number of hydrogen-bond donors (Lipinski definition) is 2. The Morgan fingerprint density at radius 3 is 2.44 bits per heavy atom. The fraction of sp³-hybridized carbons (Fsp3) is 0.300. The van der Waals surface area contributed by atoms with Gasteiger partial charge in [-0.05, 0) is 42.7 Å². The van der Waals surface area contributed by atoms with Gasteiger partial charge >= 0.3 is 5.97 Å². The second-order valence-corrected chi connectivity index (χ2v) is 5.88. The minimum absolute atomic E-state index is 0. The number of nitrogens with two attached hydrogens (primary N) is 1. The second-order valence-electron chi connectivity index (χ2n) is 5.88. The number of carbonyl (C=O) groups is 2. The third kappa shape index (κ3) is 7.27. The molecule has 7 heteroatoms. The number of anilines is 1. The van der Waals surface area contributed by atoms with Crippen molar-refractivity contribution in [1.29, 1.82) is 0 Å². The molecule has 1 atom stereocenters. The van der Waals surface area contributed by atoms with Crippen molar-refractivity contribution in [3.63, 3.8) is 0 Å². The highest BCUT2D eigenvalue weighted by molar-refractivity contribution is 5.85. The number of nitrogen functional groups attached to an aromatic ring is 1. The number of rotatable bonds is 8. The van der Waals surface area contributed by atoms with Gasteiger partial charge in [0, 0.05) is 12.1 Å². The summed E-state index contributed by atoms with van der Waals surface area (Å²) in [5.74, 6) is -1.02. The molecule has 0 bridgehead atoms. The number of hydrogen-bond acceptors (Lipinski definition) is 4. The lowest BCUT2D eigenvalue weighted by Crippen LogP contribution is -2.30. The van der Waals surface area contributed by atoms with Crippen LogP contribution in [0.15, 0.2) is 48.5 Å². The Balaban J connectivity index is 0.00000364. The molecule has 0 aliphatic heterocycles. The predicted octanol–water partition coefficient (Wildman–Crippen LogP) is 3.57. The molecule has 0 radical (unpaired) electrons. The van der Waals surface area contributed by atoms with Crippen LogP contribution in [-0.4, -0.2) is 18.5 Å². The standard InChI is InChI=1S/C20H23FN2O3.ClH/c1-2-26-20(25)13-18(15-7-10-16(21)11-8-15)23-19(24)12-9-14-5-3-4-6-17(14)22;/h3-8,10-11,18H,2,9,12-13,22H2,1H3,(H,23,24);1H. The molecule has 146 valence electrons. The van der Waals surface area contributed by atoms with E-state index in [1.807, 2.05) is 18.2 Å². The summed E-state index contributed by atoms with van der Waals surface area (Å²) >= 11 is 0. The van der Waals surface area contributed by atoms with E-state index in [2.05, 4.69) is 5.32 Å². The fourth-order valence-electron chi connectivity index (χ4n) is 2.61. The summed E-state index contributed by atoms with van der Waals surface area (Å²) in [6.07, 6.45) is 0.710. The summed E-state index contributed by atoms with van der Waals surface area (Å²) in [4.78, 5) is 24.2. The molecule has 2 aromatic rings. The summed E-state index contributed by atoms with van der Waals surface area (Å²) in [6.45, 7) is 1.98. The van der Waals surface area contributed by atoms with E-state index in [1.54, 1.807) is 25.1 Å². The Labute approximate surface area is 164 Å². The van der Waals surface area contributed by atoms with Crippen molar-refractivity contribution in [2.24, 2.45) is 0 Å². The second kappa shape index (κ2) is 11.2. The van der Waals surface area contributed by atoms with Gasteiger partial charge in [-0.3, -0.25) is 9.59 Å². The van der Waals surface area contributed by atoms with Crippen molar-refractivity contribution >= 4 is 30.0 Å². The highest BCUT2D eigenvalue weighted by Gasteiger charge is 2.19. The maximum atomic E-state index is 13.2. The number of amides is 1. The lowest BCUT2D eigenvalue weighted by Gasteiger charge is -2.19. The number of benzene rings is 2. The van der Waals surface area contributed by atoms with E-state index >= 15 is 0 Å². The molecule has 0 aliphatic rings. The predicted molar refractivity (Wildman–Crippen MR) is 105 cm³/mol. The third-order valence-corrected chi connectivity index (χ3v) is 3.96.